The Balaban J connectivity index is 1.26. The summed E-state index contributed by atoms with van der Waals surface area (Å²) in [5.74, 6) is 1.56. The predicted molar refractivity (Wildman–Crippen MR) is 146 cm³/mol. The van der Waals surface area contributed by atoms with Gasteiger partial charge >= 0.3 is 0 Å². The van der Waals surface area contributed by atoms with Gasteiger partial charge in [0, 0.05) is 37.1 Å². The molecule has 198 valence electrons. The molecule has 0 spiro atoms. The van der Waals surface area contributed by atoms with Crippen LogP contribution in [0.5, 0.6) is 0 Å². The number of nitrogens with one attached hydrogen (secondary N) is 1. The van der Waals surface area contributed by atoms with Crippen LogP contribution in [0.15, 0.2) is 40.9 Å². The summed E-state index contributed by atoms with van der Waals surface area (Å²) in [4.78, 5) is 31.0. The lowest BCUT2D eigenvalue weighted by atomic mass is 10.1. The summed E-state index contributed by atoms with van der Waals surface area (Å²) in [5, 5.41) is 3.90. The number of rotatable bonds is 6. The Morgan fingerprint density at radius 3 is 2.84 bits per heavy atom. The average molecular weight is 537 g/mol. The number of nitrogens with zero attached hydrogens (tertiary/aromatic N) is 5. The zero-order valence-electron chi connectivity index (χ0n) is 21.2. The highest BCUT2D eigenvalue weighted by molar-refractivity contribution is 7.22. The number of thiazole rings is 1. The summed E-state index contributed by atoms with van der Waals surface area (Å²) in [5.41, 5.74) is 2.97. The van der Waals surface area contributed by atoms with Crippen LogP contribution in [0.2, 0.25) is 0 Å². The van der Waals surface area contributed by atoms with Gasteiger partial charge in [-0.05, 0) is 50.1 Å². The van der Waals surface area contributed by atoms with Crippen molar-refractivity contribution >= 4 is 44.2 Å². The van der Waals surface area contributed by atoms with E-state index in [-0.39, 0.29) is 18.9 Å². The van der Waals surface area contributed by atoms with Crippen LogP contribution < -0.4 is 15.1 Å². The summed E-state index contributed by atoms with van der Waals surface area (Å²) in [6.45, 7) is 5.72. The Hall–Kier alpha value is -3.57. The Bertz CT molecular complexity index is 1450. The number of aromatic nitrogens is 3. The number of carbonyl (C=O) groups excluding carboxylic acids is 1. The lowest BCUT2D eigenvalue weighted by molar-refractivity contribution is -0.115. The minimum Gasteiger partial charge on any atom is -0.461 e. The third-order valence-corrected chi connectivity index (χ3v) is 7.80. The normalized spacial score (nSPS) is 18.2. The lowest BCUT2D eigenvalue weighted by Crippen LogP contribution is -2.37. The highest BCUT2D eigenvalue weighted by Gasteiger charge is 2.25. The molecule has 0 saturated carbocycles. The smallest absolute Gasteiger partial charge is 0.232 e. The molecule has 1 atom stereocenters. The largest absolute Gasteiger partial charge is 0.461 e. The van der Waals surface area contributed by atoms with Crippen molar-refractivity contribution in [1.82, 2.24) is 15.0 Å². The Morgan fingerprint density at radius 2 is 2.03 bits per heavy atom. The van der Waals surface area contributed by atoms with Gasteiger partial charge in [0.15, 0.2) is 16.6 Å². The zero-order chi connectivity index (χ0) is 26.1. The van der Waals surface area contributed by atoms with Gasteiger partial charge in [0.05, 0.1) is 36.6 Å². The molecular formula is C27H29FN6O3S. The summed E-state index contributed by atoms with van der Waals surface area (Å²) >= 11 is 1.54. The first-order chi connectivity index (χ1) is 18.5. The quantitative estimate of drug-likeness (QED) is 0.382. The molecule has 4 aromatic heterocycles. The number of pyridine rings is 2. The lowest BCUT2D eigenvalue weighted by Gasteiger charge is -2.31. The number of anilines is 3. The Morgan fingerprint density at radius 1 is 1.16 bits per heavy atom. The van der Waals surface area contributed by atoms with Crippen LogP contribution in [-0.4, -0.2) is 66.4 Å². The molecule has 9 nitrogen and oxygen atoms in total. The first-order valence-electron chi connectivity index (χ1n) is 12.9. The molecule has 0 bridgehead atoms. The van der Waals surface area contributed by atoms with E-state index in [9.17, 15) is 9.18 Å². The maximum Gasteiger partial charge on any atom is 0.232 e. The van der Waals surface area contributed by atoms with Gasteiger partial charge in [-0.25, -0.2) is 9.37 Å². The van der Waals surface area contributed by atoms with Crippen LogP contribution >= 0.6 is 11.3 Å². The van der Waals surface area contributed by atoms with Crippen LogP contribution in [-0.2, 0) is 16.0 Å². The predicted octanol–water partition coefficient (Wildman–Crippen LogP) is 4.61. The van der Waals surface area contributed by atoms with Crippen molar-refractivity contribution in [3.8, 4) is 11.3 Å². The van der Waals surface area contributed by atoms with E-state index >= 15 is 0 Å². The molecule has 0 aliphatic carbocycles. The van der Waals surface area contributed by atoms with Crippen LogP contribution in [0.3, 0.4) is 0 Å². The second-order valence-corrected chi connectivity index (χ2v) is 10.6. The first kappa shape index (κ1) is 24.7. The highest BCUT2D eigenvalue weighted by atomic mass is 32.1. The summed E-state index contributed by atoms with van der Waals surface area (Å²) in [6.07, 6.45) is 2.14. The number of amides is 1. The fourth-order valence-electron chi connectivity index (χ4n) is 4.86. The fourth-order valence-corrected chi connectivity index (χ4v) is 5.86. The maximum atomic E-state index is 14.3. The molecule has 4 aromatic rings. The van der Waals surface area contributed by atoms with Crippen molar-refractivity contribution in [2.45, 2.75) is 32.4 Å². The minimum absolute atomic E-state index is 0.0645. The number of piperidine rings is 1. The van der Waals surface area contributed by atoms with Crippen molar-refractivity contribution in [1.29, 1.82) is 0 Å². The summed E-state index contributed by atoms with van der Waals surface area (Å²) < 4.78 is 26.6. The number of aryl methyl sites for hydroxylation is 1. The van der Waals surface area contributed by atoms with E-state index in [4.69, 9.17) is 19.1 Å². The van der Waals surface area contributed by atoms with Crippen LogP contribution in [0.25, 0.3) is 21.7 Å². The number of hydrogen-bond donors (Lipinski definition) is 1. The highest BCUT2D eigenvalue weighted by Crippen LogP contribution is 2.36. The first-order valence-corrected chi connectivity index (χ1v) is 13.7. The van der Waals surface area contributed by atoms with E-state index in [0.717, 1.165) is 40.6 Å². The molecule has 0 radical (unpaired) electrons. The zero-order valence-corrected chi connectivity index (χ0v) is 22.0. The van der Waals surface area contributed by atoms with E-state index in [1.807, 2.05) is 42.2 Å². The molecular weight excluding hydrogens is 507 g/mol. The van der Waals surface area contributed by atoms with Crippen molar-refractivity contribution < 1.29 is 18.3 Å². The van der Waals surface area contributed by atoms with E-state index < -0.39 is 6.17 Å². The Labute approximate surface area is 223 Å². The van der Waals surface area contributed by atoms with Gasteiger partial charge in [-0.1, -0.05) is 11.3 Å². The fraction of sp³-hybridized carbons (Fsp3) is 0.407. The van der Waals surface area contributed by atoms with Gasteiger partial charge in [0.1, 0.15) is 17.7 Å². The molecule has 2 aliphatic rings. The van der Waals surface area contributed by atoms with Crippen molar-refractivity contribution in [2.24, 2.45) is 0 Å². The van der Waals surface area contributed by atoms with Crippen molar-refractivity contribution in [3.63, 3.8) is 0 Å². The molecule has 2 aliphatic heterocycles. The molecule has 0 aromatic carbocycles. The second-order valence-electron chi connectivity index (χ2n) is 9.64. The van der Waals surface area contributed by atoms with Crippen molar-refractivity contribution in [2.75, 3.05) is 54.5 Å². The van der Waals surface area contributed by atoms with Crippen LogP contribution in [0, 0.1) is 6.92 Å². The standard InChI is InChI=1S/C27H29FN6O3S/c1-17-13-18(6-7-29-17)22-5-4-20(37-22)14-24(35)30-21-15-23-25(31-26(21)34-8-2-3-19(28)16-34)32-27(38-23)33-9-11-36-12-10-33/h4-7,13,15,19H,2-3,8-12,14,16H2,1H3,(H,30,35). The van der Waals surface area contributed by atoms with Gasteiger partial charge in [0.2, 0.25) is 5.91 Å². The number of ether oxygens (including phenoxy) is 1. The van der Waals surface area contributed by atoms with Crippen LogP contribution in [0.1, 0.15) is 24.3 Å². The molecule has 1 amide bonds. The van der Waals surface area contributed by atoms with Gasteiger partial charge in [-0.2, -0.15) is 4.98 Å². The van der Waals surface area contributed by atoms with Gasteiger partial charge in [0.25, 0.3) is 0 Å². The third-order valence-electron chi connectivity index (χ3n) is 6.75. The summed E-state index contributed by atoms with van der Waals surface area (Å²) in [6, 6.07) is 9.39. The van der Waals surface area contributed by atoms with E-state index in [2.05, 4.69) is 15.2 Å². The number of furan rings is 1. The third kappa shape index (κ3) is 5.34. The van der Waals surface area contributed by atoms with E-state index in [1.165, 1.54) is 11.3 Å². The SMILES string of the molecule is Cc1cc(-c2ccc(CC(=O)Nc3cc4sc(N5CCOCC5)nc4nc3N3CCCC(F)C3)o2)ccn1. The average Bonchev–Trinajstić information content (AvgIpc) is 3.55. The molecule has 6 rings (SSSR count). The summed E-state index contributed by atoms with van der Waals surface area (Å²) in [7, 11) is 0. The van der Waals surface area contributed by atoms with Crippen LogP contribution in [0.4, 0.5) is 21.0 Å². The molecule has 2 saturated heterocycles. The number of hydrogen-bond acceptors (Lipinski definition) is 9. The topological polar surface area (TPSA) is 96.6 Å². The molecule has 1 N–H and O–H groups in total. The molecule has 1 unspecified atom stereocenters. The monoisotopic (exact) mass is 536 g/mol. The number of fused-ring (bicyclic) bond motifs is 1. The maximum absolute atomic E-state index is 14.3. The van der Waals surface area contributed by atoms with Crippen molar-refractivity contribution in [3.05, 3.63) is 48.0 Å². The van der Waals surface area contributed by atoms with Gasteiger partial charge < -0.3 is 24.3 Å². The van der Waals surface area contributed by atoms with Gasteiger partial charge in [-0.15, -0.1) is 0 Å². The number of morpholine rings is 1. The van der Waals surface area contributed by atoms with E-state index in [0.29, 0.717) is 54.9 Å². The number of halogens is 1. The van der Waals surface area contributed by atoms with Gasteiger partial charge in [-0.3, -0.25) is 9.78 Å². The molecule has 2 fully saturated rings. The molecule has 11 heteroatoms. The number of carbonyl (C=O) groups is 1. The molecule has 38 heavy (non-hydrogen) atoms. The molecule has 6 heterocycles. The van der Waals surface area contributed by atoms with E-state index in [1.54, 1.807) is 6.20 Å². The number of alkyl halides is 1. The Kier molecular flexibility index (Phi) is 6.94. The minimum atomic E-state index is -0.928. The second kappa shape index (κ2) is 10.7.